The van der Waals surface area contributed by atoms with Gasteiger partial charge in [0.1, 0.15) is 10.7 Å². The van der Waals surface area contributed by atoms with Gasteiger partial charge >= 0.3 is 6.03 Å². The lowest BCUT2D eigenvalue weighted by Crippen LogP contribution is -2.32. The van der Waals surface area contributed by atoms with Crippen molar-refractivity contribution in [3.05, 3.63) is 22.8 Å². The fraction of sp³-hybridized carbons (Fsp3) is 0.429. The molecule has 1 aliphatic rings. The van der Waals surface area contributed by atoms with Gasteiger partial charge in [-0.25, -0.2) is 19.7 Å². The summed E-state index contributed by atoms with van der Waals surface area (Å²) in [4.78, 5) is 27.6. The van der Waals surface area contributed by atoms with Crippen LogP contribution in [0.15, 0.2) is 12.3 Å². The van der Waals surface area contributed by atoms with Crippen LogP contribution in [0.3, 0.4) is 0 Å². The van der Waals surface area contributed by atoms with Crippen molar-refractivity contribution >= 4 is 23.3 Å². The Kier molecular flexibility index (Phi) is 4.19. The normalized spacial score (nSPS) is 14.3. The van der Waals surface area contributed by atoms with Crippen molar-refractivity contribution in [1.29, 1.82) is 0 Å². The molecule has 1 saturated heterocycles. The van der Waals surface area contributed by atoms with E-state index in [1.807, 2.05) is 13.0 Å². The van der Waals surface area contributed by atoms with Gasteiger partial charge in [-0.2, -0.15) is 0 Å². The van der Waals surface area contributed by atoms with Crippen molar-refractivity contribution in [3.8, 4) is 10.7 Å². The van der Waals surface area contributed by atoms with Crippen molar-refractivity contribution < 1.29 is 4.79 Å². The van der Waals surface area contributed by atoms with E-state index in [1.54, 1.807) is 22.4 Å². The number of nitrogens with zero attached hydrogens (tertiary/aromatic N) is 4. The van der Waals surface area contributed by atoms with E-state index in [4.69, 9.17) is 0 Å². The summed E-state index contributed by atoms with van der Waals surface area (Å²) in [6, 6.07) is 1.85. The minimum atomic E-state index is -0.00907. The van der Waals surface area contributed by atoms with Crippen molar-refractivity contribution in [2.45, 2.75) is 13.8 Å². The molecule has 0 radical (unpaired) electrons. The van der Waals surface area contributed by atoms with Crippen LogP contribution in [-0.2, 0) is 0 Å². The summed E-state index contributed by atoms with van der Waals surface area (Å²) >= 11 is 1.63. The van der Waals surface area contributed by atoms with Crippen LogP contribution in [0.25, 0.3) is 10.7 Å². The largest absolute Gasteiger partial charge is 0.352 e. The second-order valence-corrected chi connectivity index (χ2v) is 6.28. The molecule has 3 heterocycles. The number of thiazole rings is 1. The van der Waals surface area contributed by atoms with Gasteiger partial charge in [-0.15, -0.1) is 11.3 Å². The maximum atomic E-state index is 11.4. The van der Waals surface area contributed by atoms with E-state index in [-0.39, 0.29) is 6.03 Å². The average molecular weight is 318 g/mol. The molecule has 8 heteroatoms. The summed E-state index contributed by atoms with van der Waals surface area (Å²) in [6.45, 7) is 6.77. The number of nitrogens with one attached hydrogen (secondary N) is 2. The minimum Gasteiger partial charge on any atom is -0.352 e. The number of anilines is 1. The maximum absolute atomic E-state index is 11.4. The Bertz CT molecular complexity index is 666. The third-order valence-corrected chi connectivity index (χ3v) is 4.61. The Morgan fingerprint density at radius 2 is 2.27 bits per heavy atom. The van der Waals surface area contributed by atoms with Crippen LogP contribution in [0, 0.1) is 13.8 Å². The Labute approximate surface area is 132 Å². The Morgan fingerprint density at radius 1 is 1.41 bits per heavy atom. The highest BCUT2D eigenvalue weighted by Gasteiger charge is 2.18. The molecule has 0 aliphatic carbocycles. The molecule has 0 spiro atoms. The molecule has 0 bridgehead atoms. The van der Waals surface area contributed by atoms with Crippen LogP contribution < -0.4 is 10.6 Å². The third-order valence-electron chi connectivity index (χ3n) is 3.51. The van der Waals surface area contributed by atoms with E-state index in [1.165, 1.54) is 4.88 Å². The van der Waals surface area contributed by atoms with Crippen molar-refractivity contribution in [2.24, 2.45) is 0 Å². The number of hydrogen-bond donors (Lipinski definition) is 2. The summed E-state index contributed by atoms with van der Waals surface area (Å²) < 4.78 is 0. The molecule has 22 heavy (non-hydrogen) atoms. The van der Waals surface area contributed by atoms with Gasteiger partial charge in [0.2, 0.25) is 5.95 Å². The van der Waals surface area contributed by atoms with Gasteiger partial charge in [0, 0.05) is 37.3 Å². The summed E-state index contributed by atoms with van der Waals surface area (Å²) in [7, 11) is 0. The van der Waals surface area contributed by atoms with Gasteiger partial charge in [0.15, 0.2) is 0 Å². The van der Waals surface area contributed by atoms with Gasteiger partial charge < -0.3 is 15.5 Å². The number of urea groups is 1. The molecule has 0 atom stereocenters. The summed E-state index contributed by atoms with van der Waals surface area (Å²) in [5.41, 5.74) is 1.85. The second kappa shape index (κ2) is 6.27. The first kappa shape index (κ1) is 14.7. The van der Waals surface area contributed by atoms with Gasteiger partial charge in [-0.05, 0) is 19.9 Å². The van der Waals surface area contributed by atoms with Gasteiger partial charge in [-0.1, -0.05) is 0 Å². The van der Waals surface area contributed by atoms with E-state index < -0.39 is 0 Å². The van der Waals surface area contributed by atoms with Crippen LogP contribution in [0.2, 0.25) is 0 Å². The zero-order chi connectivity index (χ0) is 15.5. The number of aromatic nitrogens is 3. The Hall–Kier alpha value is -2.22. The second-order valence-electron chi connectivity index (χ2n) is 5.07. The van der Waals surface area contributed by atoms with Crippen LogP contribution in [0.4, 0.5) is 10.7 Å². The molecule has 7 nitrogen and oxygen atoms in total. The molecule has 1 fully saturated rings. The van der Waals surface area contributed by atoms with Gasteiger partial charge in [0.25, 0.3) is 0 Å². The zero-order valence-electron chi connectivity index (χ0n) is 12.6. The highest BCUT2D eigenvalue weighted by Crippen LogP contribution is 2.25. The topological polar surface area (TPSA) is 83.0 Å². The fourth-order valence-electron chi connectivity index (χ4n) is 2.17. The maximum Gasteiger partial charge on any atom is 0.317 e. The lowest BCUT2D eigenvalue weighted by molar-refractivity contribution is 0.219. The first-order valence-electron chi connectivity index (χ1n) is 7.17. The van der Waals surface area contributed by atoms with Crippen LogP contribution >= 0.6 is 11.3 Å². The molecule has 2 amide bonds. The van der Waals surface area contributed by atoms with E-state index in [0.717, 1.165) is 22.9 Å². The predicted molar refractivity (Wildman–Crippen MR) is 86.1 cm³/mol. The van der Waals surface area contributed by atoms with Crippen LogP contribution in [0.5, 0.6) is 0 Å². The molecule has 116 valence electrons. The molecular weight excluding hydrogens is 300 g/mol. The van der Waals surface area contributed by atoms with Gasteiger partial charge in [0.05, 0.1) is 5.69 Å². The molecule has 2 aromatic heterocycles. The van der Waals surface area contributed by atoms with E-state index in [9.17, 15) is 4.79 Å². The quantitative estimate of drug-likeness (QED) is 0.876. The van der Waals surface area contributed by atoms with Gasteiger partial charge in [-0.3, -0.25) is 0 Å². The molecule has 3 rings (SSSR count). The molecule has 2 aromatic rings. The van der Waals surface area contributed by atoms with Crippen molar-refractivity contribution in [2.75, 3.05) is 31.5 Å². The Balaban J connectivity index is 1.62. The molecule has 2 N–H and O–H groups in total. The van der Waals surface area contributed by atoms with E-state index in [2.05, 4.69) is 32.5 Å². The molecule has 0 aromatic carbocycles. The number of carbonyl (C=O) groups excluding carboxylic acids is 1. The van der Waals surface area contributed by atoms with Crippen LogP contribution in [0.1, 0.15) is 10.6 Å². The smallest absolute Gasteiger partial charge is 0.317 e. The molecule has 0 unspecified atom stereocenters. The Morgan fingerprint density at radius 3 is 2.95 bits per heavy atom. The molecular formula is C14H18N6OS. The van der Waals surface area contributed by atoms with Crippen molar-refractivity contribution in [3.63, 3.8) is 0 Å². The van der Waals surface area contributed by atoms with E-state index in [0.29, 0.717) is 25.6 Å². The molecule has 1 aliphatic heterocycles. The monoisotopic (exact) mass is 318 g/mol. The highest BCUT2D eigenvalue weighted by atomic mass is 32.1. The number of carbonyl (C=O) groups is 1. The number of aryl methyl sites for hydroxylation is 2. The first-order valence-corrected chi connectivity index (χ1v) is 7.99. The fourth-order valence-corrected chi connectivity index (χ4v) is 3.06. The zero-order valence-corrected chi connectivity index (χ0v) is 13.4. The summed E-state index contributed by atoms with van der Waals surface area (Å²) in [5, 5.41) is 6.84. The minimum absolute atomic E-state index is 0.00907. The number of amides is 2. The van der Waals surface area contributed by atoms with Crippen LogP contribution in [-0.4, -0.2) is 52.1 Å². The average Bonchev–Trinajstić information content (AvgIpc) is 3.06. The third kappa shape index (κ3) is 3.16. The SMILES string of the molecule is Cc1nc(-c2ccnc(NCCN3CCNC3=O)n2)sc1C. The number of hydrogen-bond acceptors (Lipinski definition) is 6. The number of rotatable bonds is 5. The standard InChI is InChI=1S/C14H18N6OS/c1-9-10(2)22-12(18-9)11-3-4-15-13(19-11)16-5-7-20-8-6-17-14(20)21/h3-4H,5-8H2,1-2H3,(H,17,21)(H,15,16,19). The lowest BCUT2D eigenvalue weighted by atomic mass is 10.4. The summed E-state index contributed by atoms with van der Waals surface area (Å²) in [6.07, 6.45) is 1.72. The first-order chi connectivity index (χ1) is 10.6. The summed E-state index contributed by atoms with van der Waals surface area (Å²) in [5.74, 6) is 0.558. The predicted octanol–water partition coefficient (Wildman–Crippen LogP) is 1.65. The lowest BCUT2D eigenvalue weighted by Gasteiger charge is -2.14. The van der Waals surface area contributed by atoms with E-state index >= 15 is 0 Å². The molecule has 0 saturated carbocycles. The van der Waals surface area contributed by atoms with Crippen molar-refractivity contribution in [1.82, 2.24) is 25.2 Å². The highest BCUT2D eigenvalue weighted by molar-refractivity contribution is 7.15.